The second kappa shape index (κ2) is 8.95. The zero-order valence-corrected chi connectivity index (χ0v) is 17.5. The zero-order chi connectivity index (χ0) is 19.4. The SMILES string of the molecule is C=CCS(=O)(=O)N(C)CC1CC(Oc2cccc(CN3CCCC3)c2Cl)C1. The van der Waals surface area contributed by atoms with Gasteiger partial charge in [-0.15, -0.1) is 6.58 Å². The van der Waals surface area contributed by atoms with Crippen molar-refractivity contribution in [3.8, 4) is 5.75 Å². The Hall–Kier alpha value is -1.08. The highest BCUT2D eigenvalue weighted by Crippen LogP contribution is 2.36. The van der Waals surface area contributed by atoms with Crippen LogP contribution in [0.15, 0.2) is 30.9 Å². The van der Waals surface area contributed by atoms with Crippen LogP contribution in [0, 0.1) is 5.92 Å². The molecule has 150 valence electrons. The quantitative estimate of drug-likeness (QED) is 0.582. The number of nitrogens with zero attached hydrogens (tertiary/aromatic N) is 2. The standard InChI is InChI=1S/C20H29ClN2O3S/c1-3-11-27(24,25)22(2)14-16-12-18(13-16)26-19-8-6-7-17(20(19)21)15-23-9-4-5-10-23/h3,6-8,16,18H,1,4-5,9-15H2,2H3. The lowest BCUT2D eigenvalue weighted by molar-refractivity contribution is 0.0575. The molecule has 1 aliphatic heterocycles. The summed E-state index contributed by atoms with van der Waals surface area (Å²) in [5, 5.41) is 0.707. The van der Waals surface area contributed by atoms with E-state index in [1.807, 2.05) is 12.1 Å². The van der Waals surface area contributed by atoms with Gasteiger partial charge in [0.2, 0.25) is 10.0 Å². The molecule has 1 saturated carbocycles. The van der Waals surface area contributed by atoms with Crippen LogP contribution in [0.3, 0.4) is 0 Å². The van der Waals surface area contributed by atoms with Gasteiger partial charge in [0, 0.05) is 20.1 Å². The van der Waals surface area contributed by atoms with Gasteiger partial charge in [0.15, 0.2) is 0 Å². The minimum absolute atomic E-state index is 0.0183. The highest BCUT2D eigenvalue weighted by Gasteiger charge is 2.34. The van der Waals surface area contributed by atoms with Crippen molar-refractivity contribution in [2.45, 2.75) is 38.3 Å². The summed E-state index contributed by atoms with van der Waals surface area (Å²) in [6.45, 7) is 7.17. The molecular formula is C20H29ClN2O3S. The Bertz CT molecular complexity index is 756. The third kappa shape index (κ3) is 5.25. The Kier molecular flexibility index (Phi) is 6.84. The summed E-state index contributed by atoms with van der Waals surface area (Å²) in [4.78, 5) is 2.42. The first-order chi connectivity index (χ1) is 12.9. The summed E-state index contributed by atoms with van der Waals surface area (Å²) in [5.41, 5.74) is 1.11. The van der Waals surface area contributed by atoms with Crippen LogP contribution >= 0.6 is 11.6 Å². The Morgan fingerprint density at radius 3 is 2.70 bits per heavy atom. The van der Waals surface area contributed by atoms with Crippen molar-refractivity contribution in [1.82, 2.24) is 9.21 Å². The maximum atomic E-state index is 12.0. The summed E-state index contributed by atoms with van der Waals surface area (Å²) in [5.74, 6) is 1.05. The van der Waals surface area contributed by atoms with E-state index in [4.69, 9.17) is 16.3 Å². The maximum Gasteiger partial charge on any atom is 0.217 e. The Labute approximate surface area is 168 Å². The minimum atomic E-state index is -3.23. The summed E-state index contributed by atoms with van der Waals surface area (Å²) in [6, 6.07) is 5.98. The van der Waals surface area contributed by atoms with Crippen molar-refractivity contribution >= 4 is 21.6 Å². The predicted molar refractivity (Wildman–Crippen MR) is 110 cm³/mol. The lowest BCUT2D eigenvalue weighted by Crippen LogP contribution is -2.42. The monoisotopic (exact) mass is 412 g/mol. The van der Waals surface area contributed by atoms with Crippen molar-refractivity contribution in [3.63, 3.8) is 0 Å². The number of hydrogen-bond acceptors (Lipinski definition) is 4. The molecule has 0 atom stereocenters. The van der Waals surface area contributed by atoms with E-state index in [2.05, 4.69) is 17.5 Å². The molecule has 7 heteroatoms. The molecule has 1 aliphatic carbocycles. The molecule has 0 bridgehead atoms. The molecule has 0 spiro atoms. The highest BCUT2D eigenvalue weighted by molar-refractivity contribution is 7.89. The largest absolute Gasteiger partial charge is 0.489 e. The van der Waals surface area contributed by atoms with Gasteiger partial charge in [-0.3, -0.25) is 4.90 Å². The van der Waals surface area contributed by atoms with Gasteiger partial charge in [-0.2, -0.15) is 0 Å². The number of ether oxygens (including phenoxy) is 1. The van der Waals surface area contributed by atoms with Crippen LogP contribution in [0.4, 0.5) is 0 Å². The zero-order valence-electron chi connectivity index (χ0n) is 15.9. The van der Waals surface area contributed by atoms with Gasteiger partial charge in [0.1, 0.15) is 5.75 Å². The van der Waals surface area contributed by atoms with Crippen LogP contribution < -0.4 is 4.74 Å². The molecule has 2 aliphatic rings. The second-order valence-corrected chi connectivity index (χ2v) is 10.1. The molecule has 0 N–H and O–H groups in total. The van der Waals surface area contributed by atoms with Crippen molar-refractivity contribution in [2.24, 2.45) is 5.92 Å². The number of likely N-dealkylation sites (tertiary alicyclic amines) is 1. The first-order valence-electron chi connectivity index (χ1n) is 9.60. The fraction of sp³-hybridized carbons (Fsp3) is 0.600. The predicted octanol–water partition coefficient (Wildman–Crippen LogP) is 3.54. The molecule has 0 unspecified atom stereocenters. The molecule has 1 heterocycles. The van der Waals surface area contributed by atoms with E-state index in [9.17, 15) is 8.42 Å². The van der Waals surface area contributed by atoms with E-state index in [1.54, 1.807) is 7.05 Å². The minimum Gasteiger partial charge on any atom is -0.489 e. The van der Waals surface area contributed by atoms with E-state index < -0.39 is 10.0 Å². The van der Waals surface area contributed by atoms with Crippen LogP contribution in [0.25, 0.3) is 0 Å². The summed E-state index contributed by atoms with van der Waals surface area (Å²) in [6.07, 6.45) is 5.74. The molecule has 1 saturated heterocycles. The third-order valence-corrected chi connectivity index (χ3v) is 7.63. The van der Waals surface area contributed by atoms with Gasteiger partial charge in [-0.25, -0.2) is 12.7 Å². The maximum absolute atomic E-state index is 12.0. The van der Waals surface area contributed by atoms with Crippen molar-refractivity contribution in [1.29, 1.82) is 0 Å². The Morgan fingerprint density at radius 2 is 2.04 bits per heavy atom. The van der Waals surface area contributed by atoms with Crippen LogP contribution in [0.1, 0.15) is 31.2 Å². The van der Waals surface area contributed by atoms with Crippen LogP contribution in [0.2, 0.25) is 5.02 Å². The highest BCUT2D eigenvalue weighted by atomic mass is 35.5. The van der Waals surface area contributed by atoms with Gasteiger partial charge in [0.25, 0.3) is 0 Å². The lowest BCUT2D eigenvalue weighted by Gasteiger charge is -2.37. The number of rotatable bonds is 9. The molecular weight excluding hydrogens is 384 g/mol. The van der Waals surface area contributed by atoms with Gasteiger partial charge in [-0.1, -0.05) is 29.8 Å². The number of halogens is 1. The summed E-state index contributed by atoms with van der Waals surface area (Å²) < 4.78 is 31.5. The van der Waals surface area contributed by atoms with E-state index in [0.717, 1.165) is 43.8 Å². The van der Waals surface area contributed by atoms with E-state index in [0.29, 0.717) is 17.5 Å². The first kappa shape index (κ1) is 20.6. The third-order valence-electron chi connectivity index (χ3n) is 5.44. The number of hydrogen-bond donors (Lipinski definition) is 0. The van der Waals surface area contributed by atoms with E-state index in [1.165, 1.54) is 23.2 Å². The van der Waals surface area contributed by atoms with Gasteiger partial charge in [-0.05, 0) is 56.3 Å². The number of benzene rings is 1. The fourth-order valence-electron chi connectivity index (χ4n) is 3.80. The number of sulfonamides is 1. The van der Waals surface area contributed by atoms with Crippen molar-refractivity contribution in [3.05, 3.63) is 41.4 Å². The molecule has 0 amide bonds. The van der Waals surface area contributed by atoms with E-state index >= 15 is 0 Å². The average molecular weight is 413 g/mol. The van der Waals surface area contributed by atoms with Crippen LogP contribution in [-0.2, 0) is 16.6 Å². The second-order valence-electron chi connectivity index (χ2n) is 7.64. The van der Waals surface area contributed by atoms with Crippen LogP contribution in [-0.4, -0.2) is 56.2 Å². The Morgan fingerprint density at radius 1 is 1.33 bits per heavy atom. The molecule has 0 radical (unpaired) electrons. The Balaban J connectivity index is 1.50. The normalized spacial score (nSPS) is 23.4. The lowest BCUT2D eigenvalue weighted by atomic mass is 9.82. The van der Waals surface area contributed by atoms with Crippen molar-refractivity contribution in [2.75, 3.05) is 32.4 Å². The van der Waals surface area contributed by atoms with Gasteiger partial charge >= 0.3 is 0 Å². The summed E-state index contributed by atoms with van der Waals surface area (Å²) >= 11 is 6.58. The van der Waals surface area contributed by atoms with E-state index in [-0.39, 0.29) is 11.9 Å². The first-order valence-corrected chi connectivity index (χ1v) is 11.6. The molecule has 0 aromatic heterocycles. The fourth-order valence-corrected chi connectivity index (χ4v) is 5.02. The van der Waals surface area contributed by atoms with Gasteiger partial charge in [0.05, 0.1) is 16.9 Å². The molecule has 3 rings (SSSR count). The molecule has 2 fully saturated rings. The van der Waals surface area contributed by atoms with Gasteiger partial charge < -0.3 is 4.74 Å². The molecule has 27 heavy (non-hydrogen) atoms. The average Bonchev–Trinajstić information content (AvgIpc) is 3.09. The topological polar surface area (TPSA) is 49.9 Å². The molecule has 1 aromatic rings. The van der Waals surface area contributed by atoms with Crippen molar-refractivity contribution < 1.29 is 13.2 Å². The summed E-state index contributed by atoms with van der Waals surface area (Å²) in [7, 11) is -1.60. The molecule has 5 nitrogen and oxygen atoms in total. The smallest absolute Gasteiger partial charge is 0.217 e. The molecule has 1 aromatic carbocycles. The van der Waals surface area contributed by atoms with Crippen LogP contribution in [0.5, 0.6) is 5.75 Å².